The van der Waals surface area contributed by atoms with E-state index in [4.69, 9.17) is 16.7 Å². The van der Waals surface area contributed by atoms with Crippen molar-refractivity contribution in [1.82, 2.24) is 5.32 Å². The van der Waals surface area contributed by atoms with E-state index in [1.54, 1.807) is 6.07 Å². The van der Waals surface area contributed by atoms with Gasteiger partial charge in [0.15, 0.2) is 0 Å². The van der Waals surface area contributed by atoms with E-state index in [0.717, 1.165) is 17.5 Å². The van der Waals surface area contributed by atoms with E-state index in [1.165, 1.54) is 12.1 Å². The monoisotopic (exact) mass is 335 g/mol. The predicted molar refractivity (Wildman–Crippen MR) is 89.1 cm³/mol. The van der Waals surface area contributed by atoms with E-state index in [2.05, 4.69) is 5.32 Å². The number of hydrogen-bond acceptors (Lipinski definition) is 2. The van der Waals surface area contributed by atoms with Gasteiger partial charge in [0.2, 0.25) is 0 Å². The third kappa shape index (κ3) is 6.00. The highest BCUT2D eigenvalue weighted by atomic mass is 35.5. The molecular weight excluding hydrogens is 317 g/mol. The molecule has 3 nitrogen and oxygen atoms in total. The van der Waals surface area contributed by atoms with Gasteiger partial charge >= 0.3 is 5.97 Å². The third-order valence-electron chi connectivity index (χ3n) is 3.63. The summed E-state index contributed by atoms with van der Waals surface area (Å²) >= 11 is 6.03. The molecule has 5 heteroatoms. The highest BCUT2D eigenvalue weighted by Gasteiger charge is 2.12. The van der Waals surface area contributed by atoms with Crippen LogP contribution in [0.4, 0.5) is 4.39 Å². The van der Waals surface area contributed by atoms with Crippen molar-refractivity contribution in [3.8, 4) is 0 Å². The molecular formula is C18H19ClFNO2. The summed E-state index contributed by atoms with van der Waals surface area (Å²) in [6.45, 7) is 0.468. The van der Waals surface area contributed by atoms with Gasteiger partial charge in [0.05, 0.1) is 0 Å². The smallest absolute Gasteiger partial charge is 0.303 e. The Morgan fingerprint density at radius 2 is 1.96 bits per heavy atom. The molecule has 0 aliphatic rings. The van der Waals surface area contributed by atoms with E-state index in [1.807, 2.05) is 30.3 Å². The van der Waals surface area contributed by atoms with Crippen molar-refractivity contribution in [2.24, 2.45) is 0 Å². The van der Waals surface area contributed by atoms with Crippen molar-refractivity contribution in [2.75, 3.05) is 0 Å². The summed E-state index contributed by atoms with van der Waals surface area (Å²) in [6.07, 6.45) is 1.34. The molecule has 1 atom stereocenters. The lowest BCUT2D eigenvalue weighted by Gasteiger charge is -2.19. The zero-order chi connectivity index (χ0) is 16.7. The molecule has 0 fully saturated rings. The highest BCUT2D eigenvalue weighted by molar-refractivity contribution is 6.31. The summed E-state index contributed by atoms with van der Waals surface area (Å²) in [5.41, 5.74) is 1.93. The Labute approximate surface area is 140 Å². The van der Waals surface area contributed by atoms with Crippen LogP contribution in [0.2, 0.25) is 5.02 Å². The minimum Gasteiger partial charge on any atom is -0.481 e. The molecule has 2 N–H and O–H groups in total. The zero-order valence-electron chi connectivity index (χ0n) is 12.6. The number of nitrogens with one attached hydrogen (secondary N) is 1. The van der Waals surface area contributed by atoms with Crippen molar-refractivity contribution in [3.05, 3.63) is 70.5 Å². The number of rotatable bonds is 8. The Morgan fingerprint density at radius 1 is 1.22 bits per heavy atom. The number of benzene rings is 2. The molecule has 0 aliphatic carbocycles. The van der Waals surface area contributed by atoms with Gasteiger partial charge in [0.25, 0.3) is 0 Å². The van der Waals surface area contributed by atoms with Gasteiger partial charge in [-0.1, -0.05) is 48.0 Å². The van der Waals surface area contributed by atoms with Gasteiger partial charge < -0.3 is 10.4 Å². The minimum atomic E-state index is -0.815. The van der Waals surface area contributed by atoms with Crippen LogP contribution in [0.5, 0.6) is 0 Å². The molecule has 0 saturated carbocycles. The van der Waals surface area contributed by atoms with Crippen LogP contribution in [0.15, 0.2) is 48.5 Å². The van der Waals surface area contributed by atoms with Crippen LogP contribution in [0, 0.1) is 5.82 Å². The van der Waals surface area contributed by atoms with Crippen LogP contribution in [0.3, 0.4) is 0 Å². The Bertz CT molecular complexity index is 649. The molecule has 0 heterocycles. The van der Waals surface area contributed by atoms with Crippen LogP contribution in [0.1, 0.15) is 24.0 Å². The molecule has 0 saturated heterocycles. The van der Waals surface area contributed by atoms with Crippen molar-refractivity contribution < 1.29 is 14.3 Å². The molecule has 122 valence electrons. The lowest BCUT2D eigenvalue weighted by molar-refractivity contribution is -0.137. The fraction of sp³-hybridized carbons (Fsp3) is 0.278. The van der Waals surface area contributed by atoms with Gasteiger partial charge in [-0.05, 0) is 36.1 Å². The average Bonchev–Trinajstić information content (AvgIpc) is 2.52. The molecule has 1 unspecified atom stereocenters. The maximum absolute atomic E-state index is 13.1. The summed E-state index contributed by atoms with van der Waals surface area (Å²) in [5.74, 6) is -1.19. The topological polar surface area (TPSA) is 49.3 Å². The number of aliphatic carboxylic acids is 1. The molecule has 0 spiro atoms. The average molecular weight is 336 g/mol. The first kappa shape index (κ1) is 17.4. The Morgan fingerprint density at radius 3 is 2.61 bits per heavy atom. The third-order valence-corrected chi connectivity index (χ3v) is 3.98. The lowest BCUT2D eigenvalue weighted by Crippen LogP contribution is -2.31. The van der Waals surface area contributed by atoms with E-state index in [0.29, 0.717) is 18.0 Å². The molecule has 0 radical (unpaired) electrons. The normalized spacial score (nSPS) is 12.1. The fourth-order valence-corrected chi connectivity index (χ4v) is 2.63. The molecule has 2 aromatic rings. The van der Waals surface area contributed by atoms with E-state index < -0.39 is 5.97 Å². The first-order chi connectivity index (χ1) is 11.0. The summed E-state index contributed by atoms with van der Waals surface area (Å²) < 4.78 is 13.1. The van der Waals surface area contributed by atoms with E-state index >= 15 is 0 Å². The Hall–Kier alpha value is -1.91. The maximum Gasteiger partial charge on any atom is 0.303 e. The van der Waals surface area contributed by atoms with Crippen LogP contribution < -0.4 is 5.32 Å². The quantitative estimate of drug-likeness (QED) is 0.765. The molecule has 0 aliphatic heterocycles. The standard InChI is InChI=1S/C18H19ClFNO2/c19-17-11-15(20)7-6-14(17)12-21-16(8-9-18(22)23)10-13-4-2-1-3-5-13/h1-7,11,16,21H,8-10,12H2,(H,22,23). The lowest BCUT2D eigenvalue weighted by atomic mass is 10.0. The van der Waals surface area contributed by atoms with Gasteiger partial charge in [-0.15, -0.1) is 0 Å². The molecule has 0 bridgehead atoms. The van der Waals surface area contributed by atoms with Crippen LogP contribution in [-0.2, 0) is 17.8 Å². The largest absolute Gasteiger partial charge is 0.481 e. The second-order valence-corrected chi connectivity index (χ2v) is 5.84. The zero-order valence-corrected chi connectivity index (χ0v) is 13.4. The molecule has 2 aromatic carbocycles. The van der Waals surface area contributed by atoms with Crippen LogP contribution in [0.25, 0.3) is 0 Å². The molecule has 0 amide bonds. The first-order valence-electron chi connectivity index (χ1n) is 7.47. The summed E-state index contributed by atoms with van der Waals surface area (Å²) in [4.78, 5) is 10.8. The maximum atomic E-state index is 13.1. The van der Waals surface area contributed by atoms with Crippen molar-refractivity contribution >= 4 is 17.6 Å². The van der Waals surface area contributed by atoms with Crippen LogP contribution >= 0.6 is 11.6 Å². The SMILES string of the molecule is O=C(O)CCC(Cc1ccccc1)NCc1ccc(F)cc1Cl. The Kier molecular flexibility index (Phi) is 6.56. The number of halogens is 2. The second-order valence-electron chi connectivity index (χ2n) is 5.44. The van der Waals surface area contributed by atoms with Gasteiger partial charge in [-0.2, -0.15) is 0 Å². The Balaban J connectivity index is 2.00. The van der Waals surface area contributed by atoms with E-state index in [9.17, 15) is 9.18 Å². The fourth-order valence-electron chi connectivity index (χ4n) is 2.39. The van der Waals surface area contributed by atoms with Crippen molar-refractivity contribution in [3.63, 3.8) is 0 Å². The number of carboxylic acids is 1. The van der Waals surface area contributed by atoms with Gasteiger partial charge in [0, 0.05) is 24.0 Å². The second kappa shape index (κ2) is 8.65. The predicted octanol–water partition coefficient (Wildman–Crippen LogP) is 4.04. The van der Waals surface area contributed by atoms with Gasteiger partial charge in [0.1, 0.15) is 5.82 Å². The molecule has 23 heavy (non-hydrogen) atoms. The van der Waals surface area contributed by atoms with Gasteiger partial charge in [-0.3, -0.25) is 4.79 Å². The van der Waals surface area contributed by atoms with Crippen molar-refractivity contribution in [2.45, 2.75) is 31.8 Å². The highest BCUT2D eigenvalue weighted by Crippen LogP contribution is 2.18. The summed E-state index contributed by atoms with van der Waals surface area (Å²) in [5, 5.41) is 12.6. The number of carbonyl (C=O) groups is 1. The molecule has 2 rings (SSSR count). The van der Waals surface area contributed by atoms with E-state index in [-0.39, 0.29) is 18.3 Å². The summed E-state index contributed by atoms with van der Waals surface area (Å²) in [6, 6.07) is 14.2. The van der Waals surface area contributed by atoms with Crippen molar-refractivity contribution in [1.29, 1.82) is 0 Å². The number of carboxylic acid groups (broad SMARTS) is 1. The molecule has 0 aromatic heterocycles. The first-order valence-corrected chi connectivity index (χ1v) is 7.85. The summed E-state index contributed by atoms with van der Waals surface area (Å²) in [7, 11) is 0. The van der Waals surface area contributed by atoms with Gasteiger partial charge in [-0.25, -0.2) is 4.39 Å². The van der Waals surface area contributed by atoms with Crippen LogP contribution in [-0.4, -0.2) is 17.1 Å². The number of hydrogen-bond donors (Lipinski definition) is 2. The minimum absolute atomic E-state index is 0.00891.